The maximum Gasteiger partial charge on any atom is 0.165 e. The van der Waals surface area contributed by atoms with Crippen LogP contribution in [0.4, 0.5) is 0 Å². The van der Waals surface area contributed by atoms with E-state index >= 15 is 0 Å². The van der Waals surface area contributed by atoms with Gasteiger partial charge in [0.05, 0.1) is 20.8 Å². The zero-order valence-corrected chi connectivity index (χ0v) is 15.6. The maximum atomic E-state index is 10.2. The maximum absolute atomic E-state index is 10.2. The van der Waals surface area contributed by atoms with E-state index in [9.17, 15) is 10.2 Å². The van der Waals surface area contributed by atoms with Gasteiger partial charge in [0.15, 0.2) is 11.5 Å². The van der Waals surface area contributed by atoms with Crippen LogP contribution in [-0.2, 0) is 26.0 Å². The van der Waals surface area contributed by atoms with Crippen molar-refractivity contribution in [2.45, 2.75) is 32.0 Å². The van der Waals surface area contributed by atoms with E-state index in [0.29, 0.717) is 16.3 Å². The van der Waals surface area contributed by atoms with E-state index in [2.05, 4.69) is 4.90 Å². The molecule has 138 valence electrons. The second-order valence-electron chi connectivity index (χ2n) is 6.83. The summed E-state index contributed by atoms with van der Waals surface area (Å²) in [5.41, 5.74) is 5.03. The third-order valence-corrected chi connectivity index (χ3v) is 5.91. The van der Waals surface area contributed by atoms with Gasteiger partial charge in [0.25, 0.3) is 0 Å². The van der Waals surface area contributed by atoms with Gasteiger partial charge in [-0.05, 0) is 41.7 Å². The van der Waals surface area contributed by atoms with Gasteiger partial charge in [0.2, 0.25) is 0 Å². The number of fused-ring (bicyclic) bond motifs is 4. The quantitative estimate of drug-likeness (QED) is 0.862. The Morgan fingerprint density at radius 3 is 2.69 bits per heavy atom. The van der Waals surface area contributed by atoms with Crippen LogP contribution < -0.4 is 9.47 Å². The normalized spacial score (nSPS) is 18.7. The number of hydrogen-bond acceptors (Lipinski definition) is 5. The predicted molar refractivity (Wildman–Crippen MR) is 99.1 cm³/mol. The third-order valence-electron chi connectivity index (χ3n) is 5.57. The van der Waals surface area contributed by atoms with Gasteiger partial charge in [0, 0.05) is 41.3 Å². The average Bonchev–Trinajstić information content (AvgIpc) is 2.66. The van der Waals surface area contributed by atoms with Crippen LogP contribution in [0.25, 0.3) is 0 Å². The minimum absolute atomic E-state index is 0.150. The van der Waals surface area contributed by atoms with Gasteiger partial charge < -0.3 is 19.7 Å². The lowest BCUT2D eigenvalue weighted by Crippen LogP contribution is -2.39. The fraction of sp³-hybridized carbons (Fsp3) is 0.400. The second kappa shape index (κ2) is 6.65. The van der Waals surface area contributed by atoms with E-state index in [1.165, 1.54) is 5.56 Å². The Kier molecular flexibility index (Phi) is 4.47. The molecule has 0 unspecified atom stereocenters. The molecule has 6 heteroatoms. The summed E-state index contributed by atoms with van der Waals surface area (Å²) in [6.07, 6.45) is 1.63. The highest BCUT2D eigenvalue weighted by Crippen LogP contribution is 2.47. The molecule has 5 nitrogen and oxygen atoms in total. The number of aliphatic hydroxyl groups excluding tert-OH is 1. The predicted octanol–water partition coefficient (Wildman–Crippen LogP) is 3.21. The molecular weight excluding hydrogens is 354 g/mol. The van der Waals surface area contributed by atoms with E-state index in [-0.39, 0.29) is 18.4 Å². The van der Waals surface area contributed by atoms with Crippen LogP contribution in [0.2, 0.25) is 5.02 Å². The molecule has 2 N–H and O–H groups in total. The topological polar surface area (TPSA) is 62.2 Å². The molecular formula is C20H22ClNO4. The molecule has 0 amide bonds. The van der Waals surface area contributed by atoms with Crippen molar-refractivity contribution in [2.75, 3.05) is 20.8 Å². The zero-order valence-electron chi connectivity index (χ0n) is 14.9. The first-order chi connectivity index (χ1) is 12.6. The van der Waals surface area contributed by atoms with Crippen molar-refractivity contribution >= 4 is 11.6 Å². The minimum Gasteiger partial charge on any atom is -0.508 e. The summed E-state index contributed by atoms with van der Waals surface area (Å²) in [6.45, 7) is 1.48. The number of ether oxygens (including phenoxy) is 2. The first-order valence-electron chi connectivity index (χ1n) is 8.69. The van der Waals surface area contributed by atoms with Crippen molar-refractivity contribution in [3.8, 4) is 17.2 Å². The van der Waals surface area contributed by atoms with E-state index in [1.54, 1.807) is 20.3 Å². The molecule has 2 heterocycles. The van der Waals surface area contributed by atoms with Gasteiger partial charge in [-0.15, -0.1) is 0 Å². The summed E-state index contributed by atoms with van der Waals surface area (Å²) in [5, 5.41) is 20.3. The molecule has 2 aliphatic heterocycles. The Morgan fingerprint density at radius 2 is 2.00 bits per heavy atom. The second-order valence-corrected chi connectivity index (χ2v) is 7.24. The lowest BCUT2D eigenvalue weighted by atomic mass is 9.83. The summed E-state index contributed by atoms with van der Waals surface area (Å²) in [5.74, 6) is 1.55. The van der Waals surface area contributed by atoms with Gasteiger partial charge in [0.1, 0.15) is 5.75 Å². The highest BCUT2D eigenvalue weighted by Gasteiger charge is 2.35. The minimum atomic E-state index is -0.154. The third kappa shape index (κ3) is 2.62. The van der Waals surface area contributed by atoms with Gasteiger partial charge in [-0.1, -0.05) is 11.6 Å². The number of aliphatic hydroxyl groups is 1. The van der Waals surface area contributed by atoms with Crippen LogP contribution >= 0.6 is 11.6 Å². The molecule has 2 aromatic carbocycles. The number of hydrogen-bond donors (Lipinski definition) is 2. The van der Waals surface area contributed by atoms with Gasteiger partial charge in [-0.3, -0.25) is 4.90 Å². The highest BCUT2D eigenvalue weighted by atomic mass is 35.5. The van der Waals surface area contributed by atoms with Crippen molar-refractivity contribution in [2.24, 2.45) is 0 Å². The molecule has 26 heavy (non-hydrogen) atoms. The van der Waals surface area contributed by atoms with Crippen LogP contribution in [0.1, 0.15) is 33.9 Å². The Balaban J connectivity index is 1.80. The van der Waals surface area contributed by atoms with E-state index in [1.807, 2.05) is 12.1 Å². The largest absolute Gasteiger partial charge is 0.508 e. The number of methoxy groups -OCH3 is 2. The van der Waals surface area contributed by atoms with E-state index in [4.69, 9.17) is 21.1 Å². The standard InChI is InChI=1S/C20H22ClNO4/c1-25-19-8-16(21)14-6-17-13-7-18(24)12(10-23)5-11(13)3-4-22(17)9-15(14)20(19)26-2/h5,7-8,17,23-24H,3-4,6,9-10H2,1-2H3/t17-/m1/s1. The average molecular weight is 376 g/mol. The Labute approximate surface area is 157 Å². The van der Waals surface area contributed by atoms with Gasteiger partial charge >= 0.3 is 0 Å². The van der Waals surface area contributed by atoms with Crippen LogP contribution in [0.5, 0.6) is 17.2 Å². The van der Waals surface area contributed by atoms with Crippen molar-refractivity contribution in [3.63, 3.8) is 0 Å². The molecule has 2 aromatic rings. The number of phenols is 1. The van der Waals surface area contributed by atoms with Gasteiger partial charge in [-0.2, -0.15) is 0 Å². The van der Waals surface area contributed by atoms with Crippen molar-refractivity contribution in [1.82, 2.24) is 4.90 Å². The Hall–Kier alpha value is -1.95. The summed E-state index contributed by atoms with van der Waals surface area (Å²) < 4.78 is 11.0. The number of aromatic hydroxyl groups is 1. The highest BCUT2D eigenvalue weighted by molar-refractivity contribution is 6.31. The molecule has 0 aliphatic carbocycles. The molecule has 2 aliphatic rings. The number of benzene rings is 2. The Bertz CT molecular complexity index is 868. The first-order valence-corrected chi connectivity index (χ1v) is 9.07. The number of nitrogens with zero attached hydrogens (tertiary/aromatic N) is 1. The fourth-order valence-corrected chi connectivity index (χ4v) is 4.55. The lowest BCUT2D eigenvalue weighted by Gasteiger charge is -2.42. The number of rotatable bonds is 3. The molecule has 0 saturated carbocycles. The lowest BCUT2D eigenvalue weighted by molar-refractivity contribution is 0.157. The monoisotopic (exact) mass is 375 g/mol. The van der Waals surface area contributed by atoms with Crippen LogP contribution in [0.3, 0.4) is 0 Å². The van der Waals surface area contributed by atoms with E-state index in [0.717, 1.165) is 48.4 Å². The molecule has 1 atom stereocenters. The van der Waals surface area contributed by atoms with Crippen LogP contribution in [0, 0.1) is 0 Å². The first kappa shape index (κ1) is 17.5. The van der Waals surface area contributed by atoms with Crippen molar-refractivity contribution < 1.29 is 19.7 Å². The molecule has 4 rings (SSSR count). The van der Waals surface area contributed by atoms with Crippen molar-refractivity contribution in [3.05, 3.63) is 51.0 Å². The molecule has 0 aromatic heterocycles. The summed E-state index contributed by atoms with van der Waals surface area (Å²) in [7, 11) is 3.27. The summed E-state index contributed by atoms with van der Waals surface area (Å²) in [6, 6.07) is 5.69. The smallest absolute Gasteiger partial charge is 0.165 e. The van der Waals surface area contributed by atoms with Crippen molar-refractivity contribution in [1.29, 1.82) is 0 Å². The fourth-order valence-electron chi connectivity index (χ4n) is 4.26. The number of halogens is 1. The summed E-state index contributed by atoms with van der Waals surface area (Å²) >= 11 is 6.56. The molecule has 0 spiro atoms. The molecule has 0 bridgehead atoms. The van der Waals surface area contributed by atoms with Crippen LogP contribution in [0.15, 0.2) is 18.2 Å². The van der Waals surface area contributed by atoms with E-state index < -0.39 is 0 Å². The zero-order chi connectivity index (χ0) is 18.4. The molecule has 0 saturated heterocycles. The van der Waals surface area contributed by atoms with Gasteiger partial charge in [-0.25, -0.2) is 0 Å². The molecule has 0 fully saturated rings. The van der Waals surface area contributed by atoms with Crippen LogP contribution in [-0.4, -0.2) is 35.9 Å². The molecule has 0 radical (unpaired) electrons. The Morgan fingerprint density at radius 1 is 1.19 bits per heavy atom. The summed E-state index contributed by atoms with van der Waals surface area (Å²) in [4.78, 5) is 2.39. The SMILES string of the molecule is COc1cc(Cl)c2c(c1OC)CN1CCc3cc(CO)c(O)cc3[C@H]1C2.